The molecule has 0 spiro atoms. The number of rotatable bonds is 2. The average molecular weight is 308 g/mol. The van der Waals surface area contributed by atoms with E-state index in [0.717, 1.165) is 14.7 Å². The third-order valence-electron chi connectivity index (χ3n) is 1.81. The van der Waals surface area contributed by atoms with E-state index in [1.165, 1.54) is 0 Å². The normalized spacial score (nSPS) is 16.8. The lowest BCUT2D eigenvalue weighted by Gasteiger charge is -2.27. The van der Waals surface area contributed by atoms with Gasteiger partial charge in [0.05, 0.1) is 22.2 Å². The molecule has 1 fully saturated rings. The molecule has 0 N–H and O–H groups in total. The van der Waals surface area contributed by atoms with Gasteiger partial charge in [0.25, 0.3) is 0 Å². The molecule has 0 aromatic heterocycles. The predicted molar refractivity (Wildman–Crippen MR) is 57.1 cm³/mol. The van der Waals surface area contributed by atoms with Gasteiger partial charge in [-0.25, -0.2) is 0 Å². The Balaban J connectivity index is 2.17. The first-order valence-electron chi connectivity index (χ1n) is 3.96. The molecule has 1 aromatic carbocycles. The molecule has 1 saturated heterocycles. The van der Waals surface area contributed by atoms with Crippen LogP contribution in [0, 0.1) is 0 Å². The van der Waals surface area contributed by atoms with Crippen LogP contribution in [0.3, 0.4) is 0 Å². The van der Waals surface area contributed by atoms with Crippen molar-refractivity contribution in [2.45, 2.75) is 6.10 Å². The van der Waals surface area contributed by atoms with E-state index in [9.17, 15) is 0 Å². The SMILES string of the molecule is Brc1cccc(Br)c1OC1COC1. The molecule has 0 amide bonds. The molecular formula is C9H8Br2O2. The Bertz CT molecular complexity index is 290. The fourth-order valence-corrected chi connectivity index (χ4v) is 2.23. The number of ether oxygens (including phenoxy) is 2. The molecule has 1 aliphatic rings. The summed E-state index contributed by atoms with van der Waals surface area (Å²) in [5, 5.41) is 0. The van der Waals surface area contributed by atoms with Gasteiger partial charge in [-0.05, 0) is 44.0 Å². The van der Waals surface area contributed by atoms with Crippen molar-refractivity contribution in [2.24, 2.45) is 0 Å². The summed E-state index contributed by atoms with van der Waals surface area (Å²) in [5.74, 6) is 0.857. The predicted octanol–water partition coefficient (Wildman–Crippen LogP) is 2.99. The van der Waals surface area contributed by atoms with Crippen LogP contribution in [0.4, 0.5) is 0 Å². The summed E-state index contributed by atoms with van der Waals surface area (Å²) in [7, 11) is 0. The lowest BCUT2D eigenvalue weighted by molar-refractivity contribution is -0.0802. The highest BCUT2D eigenvalue weighted by atomic mass is 79.9. The van der Waals surface area contributed by atoms with E-state index in [2.05, 4.69) is 31.9 Å². The molecule has 13 heavy (non-hydrogen) atoms. The van der Waals surface area contributed by atoms with E-state index in [4.69, 9.17) is 9.47 Å². The maximum absolute atomic E-state index is 5.69. The van der Waals surface area contributed by atoms with Crippen molar-refractivity contribution in [3.8, 4) is 5.75 Å². The van der Waals surface area contributed by atoms with Gasteiger partial charge in [0.15, 0.2) is 0 Å². The summed E-state index contributed by atoms with van der Waals surface area (Å²) in [4.78, 5) is 0. The first kappa shape index (κ1) is 9.49. The molecule has 0 atom stereocenters. The van der Waals surface area contributed by atoms with E-state index in [1.807, 2.05) is 18.2 Å². The van der Waals surface area contributed by atoms with Crippen LogP contribution in [0.5, 0.6) is 5.75 Å². The minimum atomic E-state index is 0.204. The van der Waals surface area contributed by atoms with Crippen LogP contribution in [0.2, 0.25) is 0 Å². The maximum Gasteiger partial charge on any atom is 0.148 e. The lowest BCUT2D eigenvalue weighted by atomic mass is 10.3. The quantitative estimate of drug-likeness (QED) is 0.836. The molecule has 0 bridgehead atoms. The van der Waals surface area contributed by atoms with E-state index in [0.29, 0.717) is 13.2 Å². The molecular weight excluding hydrogens is 300 g/mol. The van der Waals surface area contributed by atoms with Crippen molar-refractivity contribution in [3.63, 3.8) is 0 Å². The molecule has 2 nitrogen and oxygen atoms in total. The minimum Gasteiger partial charge on any atom is -0.483 e. The van der Waals surface area contributed by atoms with Crippen molar-refractivity contribution in [1.82, 2.24) is 0 Å². The Morgan fingerprint density at radius 1 is 1.23 bits per heavy atom. The zero-order valence-corrected chi connectivity index (χ0v) is 9.97. The Labute approximate surface area is 93.5 Å². The first-order chi connectivity index (χ1) is 6.27. The van der Waals surface area contributed by atoms with Gasteiger partial charge in [0.2, 0.25) is 0 Å². The van der Waals surface area contributed by atoms with Crippen LogP contribution in [0.25, 0.3) is 0 Å². The van der Waals surface area contributed by atoms with Crippen molar-refractivity contribution < 1.29 is 9.47 Å². The first-order valence-corrected chi connectivity index (χ1v) is 5.54. The zero-order chi connectivity index (χ0) is 9.26. The fourth-order valence-electron chi connectivity index (χ4n) is 1.04. The van der Waals surface area contributed by atoms with Crippen LogP contribution in [-0.4, -0.2) is 19.3 Å². The van der Waals surface area contributed by atoms with Gasteiger partial charge >= 0.3 is 0 Å². The zero-order valence-electron chi connectivity index (χ0n) is 6.80. The third-order valence-corrected chi connectivity index (χ3v) is 3.06. The summed E-state index contributed by atoms with van der Waals surface area (Å²) in [6.45, 7) is 1.38. The van der Waals surface area contributed by atoms with Crippen molar-refractivity contribution >= 4 is 31.9 Å². The highest BCUT2D eigenvalue weighted by Crippen LogP contribution is 2.34. The fraction of sp³-hybridized carbons (Fsp3) is 0.333. The number of hydrogen-bond donors (Lipinski definition) is 0. The molecule has 0 saturated carbocycles. The molecule has 1 aliphatic heterocycles. The minimum absolute atomic E-state index is 0.204. The van der Waals surface area contributed by atoms with Crippen LogP contribution < -0.4 is 4.74 Å². The van der Waals surface area contributed by atoms with Crippen molar-refractivity contribution in [3.05, 3.63) is 27.1 Å². The van der Waals surface area contributed by atoms with Crippen molar-refractivity contribution in [1.29, 1.82) is 0 Å². The van der Waals surface area contributed by atoms with Gasteiger partial charge in [0.1, 0.15) is 11.9 Å². The van der Waals surface area contributed by atoms with E-state index >= 15 is 0 Å². The molecule has 0 aliphatic carbocycles. The third kappa shape index (κ3) is 2.06. The summed E-state index contributed by atoms with van der Waals surface area (Å²) in [6, 6.07) is 5.87. The van der Waals surface area contributed by atoms with Gasteiger partial charge in [-0.15, -0.1) is 0 Å². The molecule has 0 radical (unpaired) electrons. The molecule has 4 heteroatoms. The summed E-state index contributed by atoms with van der Waals surface area (Å²) < 4.78 is 12.7. The van der Waals surface area contributed by atoms with Gasteiger partial charge in [0, 0.05) is 0 Å². The van der Waals surface area contributed by atoms with Crippen LogP contribution in [0.1, 0.15) is 0 Å². The lowest BCUT2D eigenvalue weighted by Crippen LogP contribution is -2.38. The number of benzene rings is 1. The topological polar surface area (TPSA) is 18.5 Å². The van der Waals surface area contributed by atoms with Gasteiger partial charge in [-0.1, -0.05) is 6.07 Å². The summed E-state index contributed by atoms with van der Waals surface area (Å²) in [5.41, 5.74) is 0. The largest absolute Gasteiger partial charge is 0.483 e. The van der Waals surface area contributed by atoms with Gasteiger partial charge in [-0.2, -0.15) is 0 Å². The molecule has 1 heterocycles. The van der Waals surface area contributed by atoms with Crippen LogP contribution >= 0.6 is 31.9 Å². The Morgan fingerprint density at radius 3 is 2.31 bits per heavy atom. The van der Waals surface area contributed by atoms with Crippen LogP contribution in [-0.2, 0) is 4.74 Å². The molecule has 70 valence electrons. The Morgan fingerprint density at radius 2 is 1.85 bits per heavy atom. The summed E-state index contributed by atoms with van der Waals surface area (Å²) >= 11 is 6.87. The molecule has 2 rings (SSSR count). The smallest absolute Gasteiger partial charge is 0.148 e. The number of halogens is 2. The monoisotopic (exact) mass is 306 g/mol. The van der Waals surface area contributed by atoms with Gasteiger partial charge in [-0.3, -0.25) is 0 Å². The molecule has 0 unspecified atom stereocenters. The summed E-state index contributed by atoms with van der Waals surface area (Å²) in [6.07, 6.45) is 0.204. The van der Waals surface area contributed by atoms with Crippen LogP contribution in [0.15, 0.2) is 27.1 Å². The van der Waals surface area contributed by atoms with E-state index in [-0.39, 0.29) is 6.10 Å². The highest BCUT2D eigenvalue weighted by molar-refractivity contribution is 9.11. The Kier molecular flexibility index (Phi) is 2.91. The maximum atomic E-state index is 5.69. The van der Waals surface area contributed by atoms with E-state index < -0.39 is 0 Å². The van der Waals surface area contributed by atoms with Crippen molar-refractivity contribution in [2.75, 3.05) is 13.2 Å². The van der Waals surface area contributed by atoms with E-state index in [1.54, 1.807) is 0 Å². The highest BCUT2D eigenvalue weighted by Gasteiger charge is 2.21. The number of para-hydroxylation sites is 1. The Hall–Kier alpha value is -0.0600. The second-order valence-electron chi connectivity index (χ2n) is 2.83. The second kappa shape index (κ2) is 3.98. The molecule has 1 aromatic rings. The second-order valence-corrected chi connectivity index (χ2v) is 4.54. The van der Waals surface area contributed by atoms with Gasteiger partial charge < -0.3 is 9.47 Å². The average Bonchev–Trinajstić information content (AvgIpc) is 2.00. The number of hydrogen-bond acceptors (Lipinski definition) is 2. The standard InChI is InChI=1S/C9H8Br2O2/c10-7-2-1-3-8(11)9(7)13-6-4-12-5-6/h1-3,6H,4-5H2.